The summed E-state index contributed by atoms with van der Waals surface area (Å²) in [6.45, 7) is 0. The minimum Gasteiger partial charge on any atom is -0.399 e. The number of carbonyl (C=O) groups excluding carboxylic acids is 1. The van der Waals surface area contributed by atoms with Crippen molar-refractivity contribution in [2.75, 3.05) is 16.8 Å². The number of carbonyl (C=O) groups is 1. The maximum atomic E-state index is 12.1. The zero-order chi connectivity index (χ0) is 15.4. The zero-order valence-electron chi connectivity index (χ0n) is 10.8. The number of hydrogen-bond acceptors (Lipinski definition) is 3. The third-order valence-corrected chi connectivity index (χ3v) is 4.51. The SMILES string of the molecule is Nc1ccc(Cl)c(NC(=O)CS(=O)c2ccc(Cl)cc2)c1. The van der Waals surface area contributed by atoms with Gasteiger partial charge in [-0.2, -0.15) is 0 Å². The largest absolute Gasteiger partial charge is 0.399 e. The number of nitrogen functional groups attached to an aromatic ring is 1. The highest BCUT2D eigenvalue weighted by atomic mass is 35.5. The van der Waals surface area contributed by atoms with Gasteiger partial charge in [-0.3, -0.25) is 9.00 Å². The lowest BCUT2D eigenvalue weighted by atomic mass is 10.3. The standard InChI is InChI=1S/C14H12Cl2N2O2S/c15-9-1-4-11(5-2-9)21(20)8-14(19)18-13-7-10(17)3-6-12(13)16/h1-7H,8,17H2,(H,18,19). The molecule has 2 aromatic rings. The van der Waals surface area contributed by atoms with Gasteiger partial charge in [0.05, 0.1) is 21.5 Å². The van der Waals surface area contributed by atoms with Gasteiger partial charge in [-0.1, -0.05) is 23.2 Å². The molecule has 0 heterocycles. The van der Waals surface area contributed by atoms with Gasteiger partial charge in [0.1, 0.15) is 5.75 Å². The van der Waals surface area contributed by atoms with Crippen LogP contribution in [0.25, 0.3) is 0 Å². The summed E-state index contributed by atoms with van der Waals surface area (Å²) in [4.78, 5) is 12.4. The van der Waals surface area contributed by atoms with E-state index in [2.05, 4.69) is 5.32 Å². The van der Waals surface area contributed by atoms with E-state index in [0.717, 1.165) is 0 Å². The van der Waals surface area contributed by atoms with E-state index in [4.69, 9.17) is 28.9 Å². The van der Waals surface area contributed by atoms with Crippen LogP contribution in [0, 0.1) is 0 Å². The van der Waals surface area contributed by atoms with E-state index in [1.807, 2.05) is 0 Å². The summed E-state index contributed by atoms with van der Waals surface area (Å²) in [6.07, 6.45) is 0. The predicted octanol–water partition coefficient (Wildman–Crippen LogP) is 3.32. The van der Waals surface area contributed by atoms with Crippen LogP contribution in [0.3, 0.4) is 0 Å². The molecule has 0 aromatic heterocycles. The first kappa shape index (κ1) is 15.8. The number of rotatable bonds is 4. The smallest absolute Gasteiger partial charge is 0.237 e. The molecule has 0 aliphatic rings. The molecule has 7 heteroatoms. The molecule has 0 aliphatic carbocycles. The lowest BCUT2D eigenvalue weighted by Gasteiger charge is -2.08. The van der Waals surface area contributed by atoms with Gasteiger partial charge >= 0.3 is 0 Å². The van der Waals surface area contributed by atoms with E-state index >= 15 is 0 Å². The summed E-state index contributed by atoms with van der Waals surface area (Å²) in [7, 11) is -1.45. The predicted molar refractivity (Wildman–Crippen MR) is 87.2 cm³/mol. The Hall–Kier alpha value is -1.56. The van der Waals surface area contributed by atoms with Crippen LogP contribution in [-0.2, 0) is 15.6 Å². The number of anilines is 2. The molecule has 2 aromatic carbocycles. The van der Waals surface area contributed by atoms with Crippen molar-refractivity contribution in [1.82, 2.24) is 0 Å². The van der Waals surface area contributed by atoms with E-state index in [-0.39, 0.29) is 5.75 Å². The van der Waals surface area contributed by atoms with Crippen LogP contribution in [-0.4, -0.2) is 15.9 Å². The third kappa shape index (κ3) is 4.46. The van der Waals surface area contributed by atoms with E-state index in [0.29, 0.717) is 26.3 Å². The number of halogens is 2. The monoisotopic (exact) mass is 342 g/mol. The van der Waals surface area contributed by atoms with Gasteiger partial charge in [0.15, 0.2) is 0 Å². The first-order chi connectivity index (χ1) is 9.95. The van der Waals surface area contributed by atoms with Crippen LogP contribution in [0.5, 0.6) is 0 Å². The molecule has 0 spiro atoms. The van der Waals surface area contributed by atoms with Gasteiger partial charge < -0.3 is 11.1 Å². The maximum absolute atomic E-state index is 12.1. The molecule has 2 rings (SSSR count). The molecule has 0 fully saturated rings. The Morgan fingerprint density at radius 3 is 2.48 bits per heavy atom. The summed E-state index contributed by atoms with van der Waals surface area (Å²) in [5.74, 6) is -0.581. The van der Waals surface area contributed by atoms with Crippen LogP contribution in [0.1, 0.15) is 0 Å². The summed E-state index contributed by atoms with van der Waals surface area (Å²) in [5, 5.41) is 3.51. The van der Waals surface area contributed by atoms with Crippen molar-refractivity contribution in [3.8, 4) is 0 Å². The highest BCUT2D eigenvalue weighted by Gasteiger charge is 2.12. The second kappa shape index (κ2) is 6.93. The minimum atomic E-state index is -1.45. The second-order valence-electron chi connectivity index (χ2n) is 4.23. The van der Waals surface area contributed by atoms with Crippen LogP contribution >= 0.6 is 23.2 Å². The highest BCUT2D eigenvalue weighted by molar-refractivity contribution is 7.85. The number of benzene rings is 2. The van der Waals surface area contributed by atoms with Gasteiger partial charge in [0.25, 0.3) is 0 Å². The van der Waals surface area contributed by atoms with Crippen LogP contribution < -0.4 is 11.1 Å². The Labute approximate surface area is 134 Å². The van der Waals surface area contributed by atoms with Crippen molar-refractivity contribution in [3.05, 3.63) is 52.5 Å². The average Bonchev–Trinajstić information content (AvgIpc) is 2.43. The Balaban J connectivity index is 2.03. The first-order valence-corrected chi connectivity index (χ1v) is 8.02. The van der Waals surface area contributed by atoms with Gasteiger partial charge in [0.2, 0.25) is 5.91 Å². The van der Waals surface area contributed by atoms with Gasteiger partial charge in [-0.15, -0.1) is 0 Å². The minimum absolute atomic E-state index is 0.174. The van der Waals surface area contributed by atoms with Crippen molar-refractivity contribution in [1.29, 1.82) is 0 Å². The highest BCUT2D eigenvalue weighted by Crippen LogP contribution is 2.24. The molecule has 1 unspecified atom stereocenters. The molecule has 0 bridgehead atoms. The van der Waals surface area contributed by atoms with E-state index in [1.165, 1.54) is 0 Å². The lowest BCUT2D eigenvalue weighted by molar-refractivity contribution is -0.113. The molecule has 110 valence electrons. The second-order valence-corrected chi connectivity index (χ2v) is 6.53. The molecule has 0 aliphatic heterocycles. The number of amides is 1. The van der Waals surface area contributed by atoms with E-state index in [1.54, 1.807) is 42.5 Å². The number of hydrogen-bond donors (Lipinski definition) is 2. The Morgan fingerprint density at radius 1 is 1.14 bits per heavy atom. The fourth-order valence-corrected chi connectivity index (χ4v) is 2.82. The topological polar surface area (TPSA) is 72.2 Å². The van der Waals surface area contributed by atoms with Crippen LogP contribution in [0.2, 0.25) is 10.0 Å². The first-order valence-electron chi connectivity index (χ1n) is 5.94. The summed E-state index contributed by atoms with van der Waals surface area (Å²) in [6, 6.07) is 11.3. The number of nitrogens with two attached hydrogens (primary N) is 1. The molecule has 0 radical (unpaired) electrons. The average molecular weight is 343 g/mol. The lowest BCUT2D eigenvalue weighted by Crippen LogP contribution is -2.19. The Kier molecular flexibility index (Phi) is 5.22. The molecular formula is C14H12Cl2N2O2S. The molecule has 0 saturated carbocycles. The van der Waals surface area contributed by atoms with Crippen molar-refractivity contribution < 1.29 is 9.00 Å². The molecule has 0 saturated heterocycles. The van der Waals surface area contributed by atoms with Crippen molar-refractivity contribution in [3.63, 3.8) is 0 Å². The van der Waals surface area contributed by atoms with Gasteiger partial charge in [-0.25, -0.2) is 0 Å². The fraction of sp³-hybridized carbons (Fsp3) is 0.0714. The summed E-state index contributed by atoms with van der Waals surface area (Å²) < 4.78 is 12.1. The molecule has 3 N–H and O–H groups in total. The molecule has 1 amide bonds. The van der Waals surface area contributed by atoms with Crippen molar-refractivity contribution >= 4 is 51.3 Å². The zero-order valence-corrected chi connectivity index (χ0v) is 13.1. The van der Waals surface area contributed by atoms with Gasteiger partial charge in [0, 0.05) is 15.6 Å². The van der Waals surface area contributed by atoms with Crippen molar-refractivity contribution in [2.45, 2.75) is 4.90 Å². The maximum Gasteiger partial charge on any atom is 0.237 e. The molecule has 21 heavy (non-hydrogen) atoms. The summed E-state index contributed by atoms with van der Waals surface area (Å²) >= 11 is 11.7. The molecule has 4 nitrogen and oxygen atoms in total. The van der Waals surface area contributed by atoms with Gasteiger partial charge in [-0.05, 0) is 42.5 Å². The Bertz CT molecular complexity index is 690. The van der Waals surface area contributed by atoms with Crippen LogP contribution in [0.4, 0.5) is 11.4 Å². The fourth-order valence-electron chi connectivity index (χ4n) is 1.61. The van der Waals surface area contributed by atoms with Crippen molar-refractivity contribution in [2.24, 2.45) is 0 Å². The van der Waals surface area contributed by atoms with E-state index < -0.39 is 16.7 Å². The quantitative estimate of drug-likeness (QED) is 0.837. The molecular weight excluding hydrogens is 331 g/mol. The normalized spacial score (nSPS) is 11.9. The third-order valence-electron chi connectivity index (χ3n) is 2.60. The Morgan fingerprint density at radius 2 is 1.81 bits per heavy atom. The summed E-state index contributed by atoms with van der Waals surface area (Å²) in [5.41, 5.74) is 6.51. The van der Waals surface area contributed by atoms with E-state index in [9.17, 15) is 9.00 Å². The number of nitrogens with one attached hydrogen (secondary N) is 1. The molecule has 1 atom stereocenters. The van der Waals surface area contributed by atoms with Crippen LogP contribution in [0.15, 0.2) is 47.4 Å².